The van der Waals surface area contributed by atoms with Crippen molar-refractivity contribution in [2.24, 2.45) is 0 Å². The van der Waals surface area contributed by atoms with Crippen LogP contribution in [-0.2, 0) is 0 Å². The van der Waals surface area contributed by atoms with Crippen LogP contribution >= 0.6 is 0 Å². The summed E-state index contributed by atoms with van der Waals surface area (Å²) in [5.41, 5.74) is 4.67. The normalized spacial score (nSPS) is 10.7. The summed E-state index contributed by atoms with van der Waals surface area (Å²) in [6.07, 6.45) is 0. The van der Waals surface area contributed by atoms with Gasteiger partial charge in [0.1, 0.15) is 0 Å². The zero-order valence-corrected chi connectivity index (χ0v) is 11.4. The molecule has 2 rings (SSSR count). The first kappa shape index (κ1) is 12.6. The molecule has 2 nitrogen and oxygen atoms in total. The molecular weight excluding hydrogens is 222 g/mol. The Bertz CT molecular complexity index is 529. The molecule has 0 aliphatic rings. The number of ether oxygens (including phenoxy) is 1. The number of benzene rings is 1. The summed E-state index contributed by atoms with van der Waals surface area (Å²) in [4.78, 5) is 4.30. The Balaban J connectivity index is 2.39. The number of pyridine rings is 1. The van der Waals surface area contributed by atoms with Crippen LogP contribution in [0.15, 0.2) is 36.4 Å². The largest absolute Gasteiger partial charge is 0.481 e. The highest BCUT2D eigenvalue weighted by Crippen LogP contribution is 2.25. The topological polar surface area (TPSA) is 22.1 Å². The second-order valence-corrected chi connectivity index (χ2v) is 4.82. The first-order valence-corrected chi connectivity index (χ1v) is 6.23. The summed E-state index contributed by atoms with van der Waals surface area (Å²) in [6, 6.07) is 12.7. The third kappa shape index (κ3) is 2.70. The molecule has 0 radical (unpaired) electrons. The van der Waals surface area contributed by atoms with Crippen LogP contribution < -0.4 is 4.74 Å². The van der Waals surface area contributed by atoms with Crippen LogP contribution in [0.1, 0.15) is 31.0 Å². The molecule has 1 aromatic carbocycles. The van der Waals surface area contributed by atoms with Gasteiger partial charge in [0.25, 0.3) is 0 Å². The van der Waals surface area contributed by atoms with Crippen molar-refractivity contribution < 1.29 is 4.74 Å². The second-order valence-electron chi connectivity index (χ2n) is 4.82. The van der Waals surface area contributed by atoms with Crippen molar-refractivity contribution in [1.82, 2.24) is 4.98 Å². The van der Waals surface area contributed by atoms with Crippen LogP contribution in [0, 0.1) is 6.92 Å². The average Bonchev–Trinajstić information content (AvgIpc) is 2.38. The Kier molecular flexibility index (Phi) is 3.66. The van der Waals surface area contributed by atoms with E-state index in [2.05, 4.69) is 49.2 Å². The monoisotopic (exact) mass is 241 g/mol. The first-order valence-electron chi connectivity index (χ1n) is 6.23. The quantitative estimate of drug-likeness (QED) is 0.804. The van der Waals surface area contributed by atoms with E-state index in [1.807, 2.05) is 13.0 Å². The van der Waals surface area contributed by atoms with E-state index in [9.17, 15) is 0 Å². The fourth-order valence-corrected chi connectivity index (χ4v) is 1.97. The predicted octanol–water partition coefficient (Wildman–Crippen LogP) is 4.19. The van der Waals surface area contributed by atoms with Crippen molar-refractivity contribution in [2.45, 2.75) is 26.7 Å². The van der Waals surface area contributed by atoms with E-state index in [0.717, 1.165) is 11.3 Å². The molecule has 0 spiro atoms. The van der Waals surface area contributed by atoms with E-state index in [1.54, 1.807) is 7.11 Å². The lowest BCUT2D eigenvalue weighted by molar-refractivity contribution is 0.397. The molecule has 0 aliphatic carbocycles. The van der Waals surface area contributed by atoms with E-state index in [1.165, 1.54) is 11.1 Å². The van der Waals surface area contributed by atoms with E-state index < -0.39 is 0 Å². The fraction of sp³-hybridized carbons (Fsp3) is 0.312. The van der Waals surface area contributed by atoms with Crippen LogP contribution in [0.2, 0.25) is 0 Å². The highest BCUT2D eigenvalue weighted by Gasteiger charge is 2.04. The number of rotatable bonds is 3. The minimum Gasteiger partial charge on any atom is -0.481 e. The Morgan fingerprint density at radius 1 is 1.00 bits per heavy atom. The Labute approximate surface area is 109 Å². The zero-order chi connectivity index (χ0) is 13.1. The maximum atomic E-state index is 5.21. The number of aryl methyl sites for hydroxylation is 1. The molecule has 2 heteroatoms. The van der Waals surface area contributed by atoms with Crippen molar-refractivity contribution in [3.05, 3.63) is 47.7 Å². The molecule has 0 amide bonds. The molecule has 1 heterocycles. The lowest BCUT2D eigenvalue weighted by Gasteiger charge is -2.09. The number of nitrogens with zero attached hydrogens (tertiary/aromatic N) is 1. The van der Waals surface area contributed by atoms with Crippen molar-refractivity contribution in [1.29, 1.82) is 0 Å². The predicted molar refractivity (Wildman–Crippen MR) is 75.1 cm³/mol. The lowest BCUT2D eigenvalue weighted by Crippen LogP contribution is -1.92. The van der Waals surface area contributed by atoms with Crippen molar-refractivity contribution in [2.75, 3.05) is 7.11 Å². The molecule has 0 fully saturated rings. The van der Waals surface area contributed by atoms with Crippen molar-refractivity contribution in [3.8, 4) is 17.0 Å². The van der Waals surface area contributed by atoms with Crippen LogP contribution in [0.4, 0.5) is 0 Å². The Hall–Kier alpha value is -1.83. The van der Waals surface area contributed by atoms with Gasteiger partial charge in [0.15, 0.2) is 0 Å². The van der Waals surface area contributed by atoms with Crippen molar-refractivity contribution in [3.63, 3.8) is 0 Å². The summed E-state index contributed by atoms with van der Waals surface area (Å²) in [5, 5.41) is 0. The van der Waals surface area contributed by atoms with Gasteiger partial charge in [-0.25, -0.2) is 4.98 Å². The molecule has 0 unspecified atom stereocenters. The standard InChI is InChI=1S/C16H19NO/c1-11(2)13-5-7-14(8-6-13)15-9-12(3)17-16(10-15)18-4/h5-11H,1-4H3. The molecule has 2 aromatic rings. The van der Waals surface area contributed by atoms with E-state index >= 15 is 0 Å². The number of hydrogen-bond donors (Lipinski definition) is 0. The van der Waals surface area contributed by atoms with Crippen LogP contribution in [0.25, 0.3) is 11.1 Å². The average molecular weight is 241 g/mol. The van der Waals surface area contributed by atoms with Crippen LogP contribution in [-0.4, -0.2) is 12.1 Å². The second kappa shape index (κ2) is 5.21. The summed E-state index contributed by atoms with van der Waals surface area (Å²) in [7, 11) is 1.65. The number of hydrogen-bond acceptors (Lipinski definition) is 2. The lowest BCUT2D eigenvalue weighted by atomic mass is 9.99. The van der Waals surface area contributed by atoms with Gasteiger partial charge in [0, 0.05) is 11.8 Å². The first-order chi connectivity index (χ1) is 8.60. The molecule has 94 valence electrons. The minimum absolute atomic E-state index is 0.563. The third-order valence-corrected chi connectivity index (χ3v) is 3.05. The molecule has 1 aromatic heterocycles. The van der Waals surface area contributed by atoms with E-state index in [-0.39, 0.29) is 0 Å². The fourth-order valence-electron chi connectivity index (χ4n) is 1.97. The van der Waals surface area contributed by atoms with E-state index in [4.69, 9.17) is 4.74 Å². The van der Waals surface area contributed by atoms with Gasteiger partial charge in [-0.2, -0.15) is 0 Å². The molecule has 0 bridgehead atoms. The molecule has 0 saturated carbocycles. The summed E-state index contributed by atoms with van der Waals surface area (Å²) >= 11 is 0. The van der Waals surface area contributed by atoms with Gasteiger partial charge < -0.3 is 4.74 Å². The Morgan fingerprint density at radius 2 is 1.67 bits per heavy atom. The van der Waals surface area contributed by atoms with Gasteiger partial charge in [0.05, 0.1) is 7.11 Å². The molecule has 0 aliphatic heterocycles. The van der Waals surface area contributed by atoms with Gasteiger partial charge in [-0.15, -0.1) is 0 Å². The van der Waals surface area contributed by atoms with Crippen LogP contribution in [0.3, 0.4) is 0 Å². The SMILES string of the molecule is COc1cc(-c2ccc(C(C)C)cc2)cc(C)n1. The van der Waals surface area contributed by atoms with Gasteiger partial charge in [-0.1, -0.05) is 38.1 Å². The molecule has 0 atom stereocenters. The van der Waals surface area contributed by atoms with Gasteiger partial charge in [0.2, 0.25) is 5.88 Å². The summed E-state index contributed by atoms with van der Waals surface area (Å²) in [5.74, 6) is 1.23. The maximum absolute atomic E-state index is 5.21. The molecule has 0 saturated heterocycles. The van der Waals surface area contributed by atoms with E-state index in [0.29, 0.717) is 11.8 Å². The smallest absolute Gasteiger partial charge is 0.213 e. The third-order valence-electron chi connectivity index (χ3n) is 3.05. The summed E-state index contributed by atoms with van der Waals surface area (Å²) in [6.45, 7) is 6.39. The number of methoxy groups -OCH3 is 1. The van der Waals surface area contributed by atoms with Crippen molar-refractivity contribution >= 4 is 0 Å². The highest BCUT2D eigenvalue weighted by atomic mass is 16.5. The molecule has 18 heavy (non-hydrogen) atoms. The summed E-state index contributed by atoms with van der Waals surface area (Å²) < 4.78 is 5.21. The Morgan fingerprint density at radius 3 is 2.22 bits per heavy atom. The number of aromatic nitrogens is 1. The van der Waals surface area contributed by atoms with Gasteiger partial charge in [-0.05, 0) is 35.6 Å². The maximum Gasteiger partial charge on any atom is 0.213 e. The minimum atomic E-state index is 0.563. The molecule has 0 N–H and O–H groups in total. The van der Waals surface area contributed by atoms with Gasteiger partial charge in [-0.3, -0.25) is 0 Å². The zero-order valence-electron chi connectivity index (χ0n) is 11.4. The molecular formula is C16H19NO. The van der Waals surface area contributed by atoms with Gasteiger partial charge >= 0.3 is 0 Å². The van der Waals surface area contributed by atoms with Crippen LogP contribution in [0.5, 0.6) is 5.88 Å². The highest BCUT2D eigenvalue weighted by molar-refractivity contribution is 5.65.